The number of hydrogen-bond acceptors (Lipinski definition) is 6. The first kappa shape index (κ1) is 23.9. The Labute approximate surface area is 169 Å². The number of rotatable bonds is 10. The number of carbonyl (C=O) groups is 2. The largest absolute Gasteiger partial charge is 0.495 e. The maximum absolute atomic E-state index is 11.7. The van der Waals surface area contributed by atoms with E-state index >= 15 is 0 Å². The molecule has 2 amide bonds. The Morgan fingerprint density at radius 3 is 2.46 bits per heavy atom. The summed E-state index contributed by atoms with van der Waals surface area (Å²) in [6.45, 7) is 9.65. The summed E-state index contributed by atoms with van der Waals surface area (Å²) in [5.41, 5.74) is 1.15. The van der Waals surface area contributed by atoms with E-state index in [0.29, 0.717) is 13.0 Å². The lowest BCUT2D eigenvalue weighted by molar-refractivity contribution is -0.137. The fraction of sp³-hybridized carbons (Fsp3) is 0.619. The zero-order valence-corrected chi connectivity index (χ0v) is 17.8. The Morgan fingerprint density at radius 2 is 1.86 bits per heavy atom. The van der Waals surface area contributed by atoms with Crippen LogP contribution in [0.15, 0.2) is 24.3 Å². The van der Waals surface area contributed by atoms with E-state index in [-0.39, 0.29) is 12.5 Å². The number of nitrogens with one attached hydrogen (secondary N) is 1. The van der Waals surface area contributed by atoms with E-state index in [0.717, 1.165) is 57.0 Å². The number of benzene rings is 1. The van der Waals surface area contributed by atoms with E-state index in [4.69, 9.17) is 4.74 Å². The Morgan fingerprint density at radius 1 is 1.18 bits per heavy atom. The molecule has 0 unspecified atom stereocenters. The number of imide groups is 1. The molecular formula is C21H36N4O3. The molecule has 7 heteroatoms. The lowest BCUT2D eigenvalue weighted by Crippen LogP contribution is -2.46. The molecule has 1 aromatic carbocycles. The van der Waals surface area contributed by atoms with Crippen molar-refractivity contribution in [3.8, 4) is 5.75 Å². The molecule has 0 aliphatic carbocycles. The third-order valence-electron chi connectivity index (χ3n) is 4.70. The van der Waals surface area contributed by atoms with Crippen LogP contribution in [0.3, 0.4) is 0 Å². The molecule has 0 bridgehead atoms. The van der Waals surface area contributed by atoms with Gasteiger partial charge in [-0.3, -0.25) is 19.4 Å². The quantitative estimate of drug-likeness (QED) is 0.484. The van der Waals surface area contributed by atoms with Crippen molar-refractivity contribution in [1.82, 2.24) is 15.1 Å². The lowest BCUT2D eigenvalue weighted by Gasteiger charge is -2.36. The van der Waals surface area contributed by atoms with Crippen LogP contribution in [0, 0.1) is 0 Å². The predicted octanol–water partition coefficient (Wildman–Crippen LogP) is 1.83. The van der Waals surface area contributed by atoms with Gasteiger partial charge in [-0.25, -0.2) is 0 Å². The molecule has 2 rings (SSSR count). The molecular weight excluding hydrogens is 356 g/mol. The minimum atomic E-state index is -0.173. The van der Waals surface area contributed by atoms with Crippen molar-refractivity contribution in [2.24, 2.45) is 0 Å². The number of likely N-dealkylation sites (N-methyl/N-ethyl adjacent to an activating group) is 1. The first-order chi connectivity index (χ1) is 13.7. The molecule has 7 nitrogen and oxygen atoms in total. The minimum absolute atomic E-state index is 0.173. The topological polar surface area (TPSA) is 65.1 Å². The maximum atomic E-state index is 11.7. The number of unbranched alkanes of at least 4 members (excludes halogenated alkanes) is 1. The second-order valence-corrected chi connectivity index (χ2v) is 6.43. The highest BCUT2D eigenvalue weighted by atomic mass is 16.5. The fourth-order valence-electron chi connectivity index (χ4n) is 3.21. The van der Waals surface area contributed by atoms with Gasteiger partial charge in [-0.15, -0.1) is 0 Å². The zero-order chi connectivity index (χ0) is 20.8. The van der Waals surface area contributed by atoms with Crippen LogP contribution in [0.4, 0.5) is 5.69 Å². The van der Waals surface area contributed by atoms with E-state index in [1.165, 1.54) is 4.90 Å². The van der Waals surface area contributed by atoms with E-state index in [1.54, 1.807) is 14.2 Å². The molecule has 1 heterocycles. The smallest absolute Gasteiger partial charge is 0.242 e. The van der Waals surface area contributed by atoms with Crippen molar-refractivity contribution in [3.05, 3.63) is 24.3 Å². The molecule has 1 N–H and O–H groups in total. The van der Waals surface area contributed by atoms with Crippen molar-refractivity contribution in [1.29, 1.82) is 0 Å². The molecule has 1 aromatic rings. The van der Waals surface area contributed by atoms with Gasteiger partial charge in [-0.1, -0.05) is 26.0 Å². The summed E-state index contributed by atoms with van der Waals surface area (Å²) in [5.74, 6) is 0.745. The number of ether oxygens (including phenoxy) is 1. The number of amides is 2. The van der Waals surface area contributed by atoms with Crippen molar-refractivity contribution in [3.63, 3.8) is 0 Å². The zero-order valence-electron chi connectivity index (χ0n) is 17.8. The van der Waals surface area contributed by atoms with Crippen LogP contribution in [-0.2, 0) is 9.59 Å². The molecule has 0 atom stereocenters. The molecule has 1 aliphatic heterocycles. The number of para-hydroxylation sites is 2. The van der Waals surface area contributed by atoms with E-state index in [2.05, 4.69) is 21.2 Å². The van der Waals surface area contributed by atoms with E-state index in [9.17, 15) is 9.59 Å². The average Bonchev–Trinajstić information content (AvgIpc) is 2.75. The van der Waals surface area contributed by atoms with Crippen LogP contribution in [-0.4, -0.2) is 82.1 Å². The van der Waals surface area contributed by atoms with Gasteiger partial charge in [0.1, 0.15) is 5.75 Å². The second-order valence-electron chi connectivity index (χ2n) is 6.43. The van der Waals surface area contributed by atoms with Gasteiger partial charge in [0.2, 0.25) is 12.3 Å². The summed E-state index contributed by atoms with van der Waals surface area (Å²) in [7, 11) is 3.41. The molecule has 0 saturated carbocycles. The van der Waals surface area contributed by atoms with Crippen molar-refractivity contribution < 1.29 is 14.3 Å². The highest BCUT2D eigenvalue weighted by molar-refractivity contribution is 5.87. The third kappa shape index (κ3) is 7.48. The Hall–Kier alpha value is -2.12. The molecule has 0 aromatic heterocycles. The number of nitrogens with zero attached hydrogens (tertiary/aromatic N) is 3. The number of piperazine rings is 1. The van der Waals surface area contributed by atoms with Gasteiger partial charge < -0.3 is 15.0 Å². The minimum Gasteiger partial charge on any atom is -0.495 e. The van der Waals surface area contributed by atoms with Gasteiger partial charge in [-0.2, -0.15) is 0 Å². The van der Waals surface area contributed by atoms with Crippen LogP contribution in [0.25, 0.3) is 0 Å². The highest BCUT2D eigenvalue weighted by Crippen LogP contribution is 2.28. The second kappa shape index (κ2) is 14.0. The van der Waals surface area contributed by atoms with E-state index in [1.807, 2.05) is 32.0 Å². The van der Waals surface area contributed by atoms with Crippen molar-refractivity contribution in [2.45, 2.75) is 26.7 Å². The monoisotopic (exact) mass is 392 g/mol. The summed E-state index contributed by atoms with van der Waals surface area (Å²) in [6.07, 6.45) is 2.44. The third-order valence-corrected chi connectivity index (χ3v) is 4.70. The molecule has 1 fully saturated rings. The van der Waals surface area contributed by atoms with Gasteiger partial charge in [-0.05, 0) is 38.6 Å². The molecule has 1 saturated heterocycles. The number of hydrogen-bond donors (Lipinski definition) is 1. The van der Waals surface area contributed by atoms with Crippen molar-refractivity contribution in [2.75, 3.05) is 64.9 Å². The molecule has 1 aliphatic rings. The van der Waals surface area contributed by atoms with Crippen LogP contribution in [0.1, 0.15) is 26.7 Å². The van der Waals surface area contributed by atoms with Gasteiger partial charge >= 0.3 is 0 Å². The summed E-state index contributed by atoms with van der Waals surface area (Å²) in [5, 5.41) is 2.78. The SMILES string of the molecule is CC.CNCC(=O)N(C=O)CCCCN1CCN(c2ccccc2OC)CC1. The molecule has 158 valence electrons. The molecule has 0 spiro atoms. The normalized spacial score (nSPS) is 14.1. The van der Waals surface area contributed by atoms with Crippen LogP contribution < -0.4 is 15.0 Å². The maximum Gasteiger partial charge on any atom is 0.242 e. The number of anilines is 1. The Kier molecular flexibility index (Phi) is 11.9. The first-order valence-electron chi connectivity index (χ1n) is 10.2. The summed E-state index contributed by atoms with van der Waals surface area (Å²) in [4.78, 5) is 28.7. The lowest BCUT2D eigenvalue weighted by atomic mass is 10.2. The van der Waals surface area contributed by atoms with Gasteiger partial charge in [0.25, 0.3) is 0 Å². The summed E-state index contributed by atoms with van der Waals surface area (Å²) in [6, 6.07) is 8.13. The highest BCUT2D eigenvalue weighted by Gasteiger charge is 2.19. The van der Waals surface area contributed by atoms with E-state index < -0.39 is 0 Å². The van der Waals surface area contributed by atoms with Crippen molar-refractivity contribution >= 4 is 18.0 Å². The summed E-state index contributed by atoms with van der Waals surface area (Å²) >= 11 is 0. The van der Waals surface area contributed by atoms with Crippen LogP contribution >= 0.6 is 0 Å². The van der Waals surface area contributed by atoms with Gasteiger partial charge in [0.15, 0.2) is 0 Å². The van der Waals surface area contributed by atoms with Gasteiger partial charge in [0.05, 0.1) is 19.3 Å². The van der Waals surface area contributed by atoms with Crippen LogP contribution in [0.5, 0.6) is 5.75 Å². The molecule has 0 radical (unpaired) electrons. The van der Waals surface area contributed by atoms with Crippen LogP contribution in [0.2, 0.25) is 0 Å². The van der Waals surface area contributed by atoms with Gasteiger partial charge in [0, 0.05) is 32.7 Å². The number of methoxy groups -OCH3 is 1. The Balaban J connectivity index is 0.00000190. The summed E-state index contributed by atoms with van der Waals surface area (Å²) < 4.78 is 5.45. The Bertz CT molecular complexity index is 575. The molecule has 28 heavy (non-hydrogen) atoms. The predicted molar refractivity (Wildman–Crippen MR) is 114 cm³/mol. The average molecular weight is 393 g/mol. The standard InChI is InChI=1S/C19H30N4O3.C2H6/c1-20-15-19(25)23(16-24)10-6-5-9-21-11-13-22(14-12-21)17-7-3-4-8-18(17)26-2;1-2/h3-4,7-8,16,20H,5-6,9-15H2,1-2H3;1-2H3. The fourth-order valence-corrected chi connectivity index (χ4v) is 3.21. The number of carbonyl (C=O) groups excluding carboxylic acids is 2. The first-order valence-corrected chi connectivity index (χ1v) is 10.2.